The fourth-order valence-corrected chi connectivity index (χ4v) is 6.01. The van der Waals surface area contributed by atoms with Gasteiger partial charge in [-0.15, -0.1) is 17.1 Å². The zero-order valence-electron chi connectivity index (χ0n) is 23.6. The minimum Gasteiger partial charge on any atom is -0.477 e. The van der Waals surface area contributed by atoms with E-state index in [1.807, 2.05) is 36.4 Å². The van der Waals surface area contributed by atoms with E-state index in [4.69, 9.17) is 0 Å². The molecule has 0 aliphatic carbocycles. The summed E-state index contributed by atoms with van der Waals surface area (Å²) < 4.78 is 0. The number of thiophene rings is 1. The summed E-state index contributed by atoms with van der Waals surface area (Å²) in [7, 11) is 0. The molecule has 3 aromatic carbocycles. The maximum Gasteiger partial charge on any atom is 0.346 e. The molecule has 1 aromatic heterocycles. The van der Waals surface area contributed by atoms with Crippen LogP contribution in [0, 0.1) is 18.3 Å². The van der Waals surface area contributed by atoms with E-state index in [0.29, 0.717) is 0 Å². The maximum atomic E-state index is 11.4. The molecule has 5 heteroatoms. The molecule has 0 amide bonds. The Balaban J connectivity index is 1.73. The third kappa shape index (κ3) is 7.13. The van der Waals surface area contributed by atoms with Crippen LogP contribution in [0.15, 0.2) is 103 Å². The first-order valence-corrected chi connectivity index (χ1v) is 14.7. The average molecular weight is 559 g/mol. The summed E-state index contributed by atoms with van der Waals surface area (Å²) in [5.74, 6) is -1.21. The van der Waals surface area contributed by atoms with Crippen LogP contribution in [0.1, 0.15) is 54.2 Å². The van der Waals surface area contributed by atoms with Crippen molar-refractivity contribution in [1.82, 2.24) is 0 Å². The molecule has 0 bridgehead atoms. The molecule has 0 unspecified atom stereocenters. The molecule has 0 aliphatic rings. The number of carboxylic acids is 1. The predicted octanol–water partition coefficient (Wildman–Crippen LogP) is 9.80. The van der Waals surface area contributed by atoms with Gasteiger partial charge in [0.25, 0.3) is 0 Å². The highest BCUT2D eigenvalue weighted by Crippen LogP contribution is 2.38. The van der Waals surface area contributed by atoms with Gasteiger partial charge in [0.1, 0.15) is 11.6 Å². The Kier molecular flexibility index (Phi) is 10.1. The van der Waals surface area contributed by atoms with E-state index in [0.717, 1.165) is 69.2 Å². The van der Waals surface area contributed by atoms with Crippen molar-refractivity contribution in [3.8, 4) is 16.5 Å². The maximum absolute atomic E-state index is 11.4. The van der Waals surface area contributed by atoms with Crippen molar-refractivity contribution in [3.63, 3.8) is 0 Å². The number of nitriles is 1. The van der Waals surface area contributed by atoms with Crippen molar-refractivity contribution < 1.29 is 9.90 Å². The topological polar surface area (TPSA) is 64.3 Å². The summed E-state index contributed by atoms with van der Waals surface area (Å²) in [6.45, 7) is 8.35. The van der Waals surface area contributed by atoms with Gasteiger partial charge in [-0.1, -0.05) is 93.4 Å². The summed E-state index contributed by atoms with van der Waals surface area (Å²) in [5.41, 5.74) is 10.2. The first-order valence-electron chi connectivity index (χ1n) is 13.9. The Bertz CT molecular complexity index is 1620. The Labute approximate surface area is 246 Å². The number of carbonyl (C=O) groups is 1. The number of para-hydroxylation sites is 2. The van der Waals surface area contributed by atoms with Gasteiger partial charge in [0.2, 0.25) is 0 Å². The lowest BCUT2D eigenvalue weighted by molar-refractivity contribution is -0.132. The highest BCUT2D eigenvalue weighted by molar-refractivity contribution is 7.16. The second-order valence-electron chi connectivity index (χ2n) is 9.85. The summed E-state index contributed by atoms with van der Waals surface area (Å²) >= 11 is 1.52. The second kappa shape index (κ2) is 14.1. The molecule has 4 aromatic rings. The number of aliphatic carboxylic acids is 1. The molecule has 0 radical (unpaired) electrons. The Morgan fingerprint density at radius 1 is 1.00 bits per heavy atom. The summed E-state index contributed by atoms with van der Waals surface area (Å²) in [6.07, 6.45) is 6.94. The number of hydrogen-bond donors (Lipinski definition) is 1. The molecule has 1 heterocycles. The summed E-state index contributed by atoms with van der Waals surface area (Å²) in [6, 6.07) is 30.7. The van der Waals surface area contributed by atoms with Crippen molar-refractivity contribution in [2.24, 2.45) is 0 Å². The van der Waals surface area contributed by atoms with Crippen LogP contribution >= 0.6 is 11.3 Å². The number of nitrogens with zero attached hydrogens (tertiary/aromatic N) is 2. The van der Waals surface area contributed by atoms with Crippen molar-refractivity contribution in [1.29, 1.82) is 5.26 Å². The zero-order chi connectivity index (χ0) is 29.2. The molecule has 206 valence electrons. The second-order valence-corrected chi connectivity index (χ2v) is 10.9. The first kappa shape index (κ1) is 29.4. The molecule has 1 N–H and O–H groups in total. The normalized spacial score (nSPS) is 11.0. The average Bonchev–Trinajstić information content (AvgIpc) is 3.40. The van der Waals surface area contributed by atoms with Gasteiger partial charge < -0.3 is 10.0 Å². The van der Waals surface area contributed by atoms with E-state index < -0.39 is 5.97 Å². The van der Waals surface area contributed by atoms with E-state index in [-0.39, 0.29) is 5.57 Å². The van der Waals surface area contributed by atoms with Gasteiger partial charge in [0, 0.05) is 26.7 Å². The van der Waals surface area contributed by atoms with E-state index in [9.17, 15) is 15.2 Å². The van der Waals surface area contributed by atoms with Crippen LogP contribution < -0.4 is 4.90 Å². The Morgan fingerprint density at radius 2 is 1.71 bits per heavy atom. The van der Waals surface area contributed by atoms with Crippen LogP contribution in [0.4, 0.5) is 11.4 Å². The van der Waals surface area contributed by atoms with Crippen molar-refractivity contribution in [2.45, 2.75) is 46.0 Å². The number of anilines is 2. The number of aryl methyl sites for hydroxylation is 2. The molecule has 41 heavy (non-hydrogen) atoms. The molecule has 0 aliphatic heterocycles. The highest BCUT2D eigenvalue weighted by atomic mass is 32.1. The van der Waals surface area contributed by atoms with E-state index in [1.54, 1.807) is 6.07 Å². The summed E-state index contributed by atoms with van der Waals surface area (Å²) in [4.78, 5) is 15.5. The van der Waals surface area contributed by atoms with E-state index >= 15 is 0 Å². The van der Waals surface area contributed by atoms with Crippen LogP contribution in [0.5, 0.6) is 0 Å². The predicted molar refractivity (Wildman–Crippen MR) is 171 cm³/mol. The molecular formula is C36H34N2O2S. The minimum atomic E-state index is -1.21. The first-order chi connectivity index (χ1) is 20.0. The van der Waals surface area contributed by atoms with Crippen LogP contribution in [0.3, 0.4) is 0 Å². The third-order valence-electron chi connectivity index (χ3n) is 6.95. The highest BCUT2D eigenvalue weighted by Gasteiger charge is 2.19. The van der Waals surface area contributed by atoms with Gasteiger partial charge >= 0.3 is 5.97 Å². The van der Waals surface area contributed by atoms with Crippen molar-refractivity contribution >= 4 is 40.5 Å². The lowest BCUT2D eigenvalue weighted by atomic mass is 10.0. The number of rotatable bonds is 12. The molecule has 0 saturated heterocycles. The lowest BCUT2D eigenvalue weighted by Crippen LogP contribution is -2.16. The molecule has 0 atom stereocenters. The van der Waals surface area contributed by atoms with Crippen molar-refractivity contribution in [2.75, 3.05) is 4.90 Å². The SMILES string of the molecule is C=C=C(c1ccc(-c2sc(/C=C(\C#N)C(=O)O)cc2CCCCCC)cc1)N(c1ccccc1)c1ccccc1C. The van der Waals surface area contributed by atoms with Crippen LogP contribution in [0.25, 0.3) is 22.2 Å². The fourth-order valence-electron chi connectivity index (χ4n) is 4.85. The van der Waals surface area contributed by atoms with Gasteiger partial charge in [0.15, 0.2) is 0 Å². The quantitative estimate of drug-likeness (QED) is 0.0813. The summed E-state index contributed by atoms with van der Waals surface area (Å²) in [5, 5.41) is 18.6. The minimum absolute atomic E-state index is 0.261. The number of benzene rings is 3. The fraction of sp³-hybridized carbons (Fsp3) is 0.194. The molecular weight excluding hydrogens is 524 g/mol. The van der Waals surface area contributed by atoms with Crippen LogP contribution in [0.2, 0.25) is 0 Å². The molecule has 0 saturated carbocycles. The van der Waals surface area contributed by atoms with Crippen LogP contribution in [-0.4, -0.2) is 11.1 Å². The molecule has 4 rings (SSSR count). The molecule has 0 fully saturated rings. The Morgan fingerprint density at radius 3 is 2.34 bits per heavy atom. The number of carboxylic acid groups (broad SMARTS) is 1. The smallest absolute Gasteiger partial charge is 0.346 e. The van der Waals surface area contributed by atoms with Crippen LogP contribution in [-0.2, 0) is 11.2 Å². The largest absolute Gasteiger partial charge is 0.477 e. The number of unbranched alkanes of at least 4 members (excludes halogenated alkanes) is 3. The zero-order valence-corrected chi connectivity index (χ0v) is 24.4. The van der Waals surface area contributed by atoms with Gasteiger partial charge in [-0.2, -0.15) is 5.26 Å². The lowest BCUT2D eigenvalue weighted by Gasteiger charge is -2.28. The van der Waals surface area contributed by atoms with Gasteiger partial charge in [-0.3, -0.25) is 0 Å². The third-order valence-corrected chi connectivity index (χ3v) is 8.12. The Hall–Kier alpha value is -4.62. The molecule has 4 nitrogen and oxygen atoms in total. The van der Waals surface area contributed by atoms with Gasteiger partial charge in [-0.25, -0.2) is 4.79 Å². The van der Waals surface area contributed by atoms with E-state index in [1.165, 1.54) is 29.4 Å². The standard InChI is InChI=1S/C36H34N2O2S/c1-4-6-7-9-15-29-23-32(24-30(25-37)36(39)40)41-35(29)28-21-19-27(20-22-28)33(5-2)38(31-16-10-8-11-17-31)34-18-13-12-14-26(34)3/h8,10-14,16-24H,2,4,6-7,9,15H2,1,3H3,(H,39,40)/b30-24+. The van der Waals surface area contributed by atoms with Gasteiger partial charge in [0.05, 0.1) is 5.70 Å². The number of hydrogen-bond acceptors (Lipinski definition) is 4. The van der Waals surface area contributed by atoms with Gasteiger partial charge in [-0.05, 0) is 66.8 Å². The van der Waals surface area contributed by atoms with E-state index in [2.05, 4.69) is 79.6 Å². The van der Waals surface area contributed by atoms with Crippen molar-refractivity contribution in [3.05, 3.63) is 124 Å². The molecule has 0 spiro atoms. The monoisotopic (exact) mass is 558 g/mol.